The minimum atomic E-state index is 0.810. The third-order valence-electron chi connectivity index (χ3n) is 3.49. The van der Waals surface area contributed by atoms with Crippen LogP contribution in [0.1, 0.15) is 71.6 Å². The van der Waals surface area contributed by atoms with Gasteiger partial charge in [-0.25, -0.2) is 0 Å². The Hall–Kier alpha value is -0.260. The molecule has 0 aromatic heterocycles. The van der Waals surface area contributed by atoms with Crippen molar-refractivity contribution in [3.8, 4) is 0 Å². The first kappa shape index (κ1) is 16.7. The van der Waals surface area contributed by atoms with Gasteiger partial charge in [-0.3, -0.25) is 0 Å². The molecule has 0 bridgehead atoms. The van der Waals surface area contributed by atoms with Crippen LogP contribution in [0, 0.1) is 25.7 Å². The molecule has 0 nitrogen and oxygen atoms in total. The lowest BCUT2D eigenvalue weighted by Gasteiger charge is -2.18. The Bertz CT molecular complexity index is 167. The van der Waals surface area contributed by atoms with Crippen molar-refractivity contribution in [1.29, 1.82) is 0 Å². The average molecular weight is 236 g/mol. The Labute approximate surface area is 110 Å². The van der Waals surface area contributed by atoms with Gasteiger partial charge in [-0.1, -0.05) is 72.0 Å². The minimum Gasteiger partial charge on any atom is -0.0885 e. The maximum absolute atomic E-state index is 3.91. The molecule has 0 fully saturated rings. The Kier molecular flexibility index (Phi) is 12.0. The summed E-state index contributed by atoms with van der Waals surface area (Å²) in [6.07, 6.45) is 16.0. The molecule has 0 spiro atoms. The van der Waals surface area contributed by atoms with E-state index in [9.17, 15) is 0 Å². The van der Waals surface area contributed by atoms with Crippen molar-refractivity contribution in [2.75, 3.05) is 0 Å². The van der Waals surface area contributed by atoms with Gasteiger partial charge in [0.15, 0.2) is 0 Å². The lowest BCUT2D eigenvalue weighted by atomic mass is 9.87. The van der Waals surface area contributed by atoms with E-state index >= 15 is 0 Å². The van der Waals surface area contributed by atoms with Crippen molar-refractivity contribution in [2.24, 2.45) is 11.8 Å². The van der Waals surface area contributed by atoms with Crippen LogP contribution in [-0.2, 0) is 0 Å². The summed E-state index contributed by atoms with van der Waals surface area (Å²) in [7, 11) is 0. The summed E-state index contributed by atoms with van der Waals surface area (Å²) in [4.78, 5) is 0. The second-order valence-corrected chi connectivity index (χ2v) is 5.41. The lowest BCUT2D eigenvalue weighted by Crippen LogP contribution is -2.07. The van der Waals surface area contributed by atoms with Crippen molar-refractivity contribution in [2.45, 2.75) is 71.6 Å². The molecule has 0 N–H and O–H groups in total. The lowest BCUT2D eigenvalue weighted by molar-refractivity contribution is 0.351. The molecule has 0 heteroatoms. The third kappa shape index (κ3) is 10.6. The van der Waals surface area contributed by atoms with E-state index in [4.69, 9.17) is 0 Å². The Morgan fingerprint density at radius 2 is 1.53 bits per heavy atom. The summed E-state index contributed by atoms with van der Waals surface area (Å²) in [6, 6.07) is 0. The maximum Gasteiger partial charge on any atom is -0.0320 e. The first-order valence-corrected chi connectivity index (χ1v) is 7.45. The predicted molar refractivity (Wildman–Crippen MR) is 79.7 cm³/mol. The Morgan fingerprint density at radius 1 is 0.882 bits per heavy atom. The zero-order chi connectivity index (χ0) is 12.9. The van der Waals surface area contributed by atoms with Gasteiger partial charge >= 0.3 is 0 Å². The highest BCUT2D eigenvalue weighted by atomic mass is 14.2. The van der Waals surface area contributed by atoms with Crippen LogP contribution in [-0.4, -0.2) is 0 Å². The van der Waals surface area contributed by atoms with Gasteiger partial charge in [0.2, 0.25) is 0 Å². The van der Waals surface area contributed by atoms with Gasteiger partial charge in [0.25, 0.3) is 0 Å². The first-order valence-electron chi connectivity index (χ1n) is 7.45. The van der Waals surface area contributed by atoms with E-state index in [1.165, 1.54) is 44.9 Å². The molecule has 0 aliphatic rings. The van der Waals surface area contributed by atoms with Crippen LogP contribution in [0.5, 0.6) is 0 Å². The molecular weight excluding hydrogens is 204 g/mol. The number of hydrogen-bond acceptors (Lipinski definition) is 0. The molecule has 1 unspecified atom stereocenters. The van der Waals surface area contributed by atoms with Crippen LogP contribution in [0.25, 0.3) is 0 Å². The summed E-state index contributed by atoms with van der Waals surface area (Å²) in [6.45, 7) is 12.5. The highest BCUT2D eigenvalue weighted by molar-refractivity contribution is 4.85. The van der Waals surface area contributed by atoms with Gasteiger partial charge in [-0.15, -0.1) is 0 Å². The molecule has 0 amide bonds. The van der Waals surface area contributed by atoms with Gasteiger partial charge < -0.3 is 0 Å². The SMILES string of the molecule is [CH2]CCCCC=CCC(CCCC[CH2])C(C)C. The smallest absolute Gasteiger partial charge is 0.0320 e. The maximum atomic E-state index is 3.91. The van der Waals surface area contributed by atoms with Crippen molar-refractivity contribution >= 4 is 0 Å². The van der Waals surface area contributed by atoms with Crippen LogP contribution in [0.4, 0.5) is 0 Å². The van der Waals surface area contributed by atoms with Gasteiger partial charge in [0, 0.05) is 0 Å². The van der Waals surface area contributed by atoms with Gasteiger partial charge in [-0.2, -0.15) is 0 Å². The molecule has 0 rings (SSSR count). The fourth-order valence-corrected chi connectivity index (χ4v) is 2.13. The molecule has 0 aliphatic carbocycles. The molecular formula is C17H32. The number of hydrogen-bond donors (Lipinski definition) is 0. The largest absolute Gasteiger partial charge is 0.0885 e. The molecule has 1 atom stereocenters. The standard InChI is InChI=1S/C17H32/c1-5-7-9-10-11-13-15-17(16(3)4)14-12-8-6-2/h11,13,16-17H,1-2,5-10,12,14-15H2,3-4H3. The fraction of sp³-hybridized carbons (Fsp3) is 0.765. The fourth-order valence-electron chi connectivity index (χ4n) is 2.13. The van der Waals surface area contributed by atoms with E-state index in [2.05, 4.69) is 39.8 Å². The molecule has 0 aliphatic heterocycles. The topological polar surface area (TPSA) is 0 Å². The molecule has 2 radical (unpaired) electrons. The molecule has 0 saturated carbocycles. The van der Waals surface area contributed by atoms with Crippen LogP contribution in [0.15, 0.2) is 12.2 Å². The van der Waals surface area contributed by atoms with Crippen LogP contribution in [0.2, 0.25) is 0 Å². The normalized spacial score (nSPS) is 13.7. The van der Waals surface area contributed by atoms with E-state index < -0.39 is 0 Å². The van der Waals surface area contributed by atoms with Crippen molar-refractivity contribution in [1.82, 2.24) is 0 Å². The van der Waals surface area contributed by atoms with E-state index in [0.29, 0.717) is 0 Å². The van der Waals surface area contributed by atoms with Gasteiger partial charge in [-0.05, 0) is 37.5 Å². The summed E-state index contributed by atoms with van der Waals surface area (Å²) in [5.74, 6) is 1.68. The minimum absolute atomic E-state index is 0.810. The number of unbranched alkanes of at least 4 members (excludes halogenated alkanes) is 5. The summed E-state index contributed by atoms with van der Waals surface area (Å²) < 4.78 is 0. The summed E-state index contributed by atoms with van der Waals surface area (Å²) in [5, 5.41) is 0. The summed E-state index contributed by atoms with van der Waals surface area (Å²) >= 11 is 0. The average Bonchev–Trinajstić information content (AvgIpc) is 2.31. The molecule has 17 heavy (non-hydrogen) atoms. The van der Waals surface area contributed by atoms with Gasteiger partial charge in [0.1, 0.15) is 0 Å². The van der Waals surface area contributed by atoms with Gasteiger partial charge in [0.05, 0.1) is 0 Å². The van der Waals surface area contributed by atoms with Crippen LogP contribution >= 0.6 is 0 Å². The zero-order valence-electron chi connectivity index (χ0n) is 12.1. The Balaban J connectivity index is 3.68. The van der Waals surface area contributed by atoms with E-state index in [0.717, 1.165) is 24.7 Å². The third-order valence-corrected chi connectivity index (χ3v) is 3.49. The van der Waals surface area contributed by atoms with E-state index in [-0.39, 0.29) is 0 Å². The molecule has 0 aromatic rings. The molecule has 100 valence electrons. The van der Waals surface area contributed by atoms with Crippen molar-refractivity contribution in [3.05, 3.63) is 26.0 Å². The van der Waals surface area contributed by atoms with Crippen LogP contribution in [0.3, 0.4) is 0 Å². The second-order valence-electron chi connectivity index (χ2n) is 5.41. The van der Waals surface area contributed by atoms with E-state index in [1.54, 1.807) is 0 Å². The first-order chi connectivity index (χ1) is 8.22. The number of rotatable bonds is 11. The Morgan fingerprint density at radius 3 is 2.12 bits per heavy atom. The quantitative estimate of drug-likeness (QED) is 0.305. The predicted octanol–water partition coefficient (Wildman–Crippen LogP) is 5.99. The van der Waals surface area contributed by atoms with Crippen molar-refractivity contribution < 1.29 is 0 Å². The molecule has 0 aromatic carbocycles. The monoisotopic (exact) mass is 236 g/mol. The van der Waals surface area contributed by atoms with Crippen LogP contribution < -0.4 is 0 Å². The number of allylic oxidation sites excluding steroid dienone is 2. The molecule has 0 heterocycles. The highest BCUT2D eigenvalue weighted by Crippen LogP contribution is 2.22. The highest BCUT2D eigenvalue weighted by Gasteiger charge is 2.10. The second kappa shape index (κ2) is 12.2. The summed E-state index contributed by atoms with van der Waals surface area (Å²) in [5.41, 5.74) is 0. The van der Waals surface area contributed by atoms with E-state index in [1.807, 2.05) is 0 Å². The molecule has 0 saturated heterocycles. The van der Waals surface area contributed by atoms with Crippen molar-refractivity contribution in [3.63, 3.8) is 0 Å². The zero-order valence-corrected chi connectivity index (χ0v) is 12.1.